The molecule has 0 bridgehead atoms. The molecule has 0 atom stereocenters. The largest absolute Gasteiger partial charge is 0.481 e. The summed E-state index contributed by atoms with van der Waals surface area (Å²) in [5.74, 6) is 0.271. The number of rotatable bonds is 6. The second kappa shape index (κ2) is 6.95. The summed E-state index contributed by atoms with van der Waals surface area (Å²) >= 11 is 1.39. The number of thiazole rings is 1. The molecule has 0 fully saturated rings. The lowest BCUT2D eigenvalue weighted by atomic mass is 10.4. The highest BCUT2D eigenvalue weighted by molar-refractivity contribution is 7.09. The van der Waals surface area contributed by atoms with E-state index in [1.807, 2.05) is 0 Å². The predicted octanol–water partition coefficient (Wildman–Crippen LogP) is 0.704. The molecule has 2 aromatic rings. The zero-order valence-corrected chi connectivity index (χ0v) is 12.4. The van der Waals surface area contributed by atoms with Gasteiger partial charge in [-0.2, -0.15) is 9.97 Å². The van der Waals surface area contributed by atoms with Gasteiger partial charge >= 0.3 is 0 Å². The summed E-state index contributed by atoms with van der Waals surface area (Å²) in [5, 5.41) is 5.03. The number of amides is 1. The first-order valence-corrected chi connectivity index (χ1v) is 6.97. The SMILES string of the molecule is COc1cc(OC)nc(NC(=O)c2csc(CCN)n2)n1. The Labute approximate surface area is 125 Å². The molecule has 8 nitrogen and oxygen atoms in total. The Morgan fingerprint density at radius 1 is 1.29 bits per heavy atom. The first kappa shape index (κ1) is 15.1. The number of aromatic nitrogens is 3. The van der Waals surface area contributed by atoms with E-state index in [1.54, 1.807) is 5.38 Å². The Morgan fingerprint density at radius 3 is 2.52 bits per heavy atom. The summed E-state index contributed by atoms with van der Waals surface area (Å²) in [5.41, 5.74) is 5.75. The molecule has 3 N–H and O–H groups in total. The van der Waals surface area contributed by atoms with Crippen molar-refractivity contribution in [1.29, 1.82) is 0 Å². The van der Waals surface area contributed by atoms with Gasteiger partial charge in [-0.05, 0) is 6.54 Å². The topological polar surface area (TPSA) is 112 Å². The number of carbonyl (C=O) groups is 1. The van der Waals surface area contributed by atoms with Crippen molar-refractivity contribution < 1.29 is 14.3 Å². The average Bonchev–Trinajstić information content (AvgIpc) is 2.96. The molecule has 0 aliphatic carbocycles. The van der Waals surface area contributed by atoms with Crippen LogP contribution in [-0.2, 0) is 6.42 Å². The molecule has 21 heavy (non-hydrogen) atoms. The predicted molar refractivity (Wildman–Crippen MR) is 78.0 cm³/mol. The van der Waals surface area contributed by atoms with Crippen LogP contribution in [0, 0.1) is 0 Å². The van der Waals surface area contributed by atoms with Gasteiger partial charge in [-0.3, -0.25) is 10.1 Å². The van der Waals surface area contributed by atoms with Crippen molar-refractivity contribution in [3.8, 4) is 11.8 Å². The summed E-state index contributed by atoms with van der Waals surface area (Å²) in [6, 6.07) is 1.51. The van der Waals surface area contributed by atoms with E-state index in [0.717, 1.165) is 5.01 Å². The average molecular weight is 309 g/mol. The van der Waals surface area contributed by atoms with Crippen molar-refractivity contribution in [3.63, 3.8) is 0 Å². The lowest BCUT2D eigenvalue weighted by Gasteiger charge is -2.06. The third-order valence-corrected chi connectivity index (χ3v) is 3.37. The van der Waals surface area contributed by atoms with E-state index in [9.17, 15) is 4.79 Å². The van der Waals surface area contributed by atoms with Crippen molar-refractivity contribution in [2.75, 3.05) is 26.1 Å². The van der Waals surface area contributed by atoms with E-state index >= 15 is 0 Å². The fourth-order valence-corrected chi connectivity index (χ4v) is 2.28. The molecular weight excluding hydrogens is 294 g/mol. The maximum atomic E-state index is 12.1. The lowest BCUT2D eigenvalue weighted by Crippen LogP contribution is -2.15. The zero-order chi connectivity index (χ0) is 15.2. The van der Waals surface area contributed by atoms with E-state index in [4.69, 9.17) is 15.2 Å². The van der Waals surface area contributed by atoms with Crippen LogP contribution in [0.25, 0.3) is 0 Å². The number of nitrogens with zero attached hydrogens (tertiary/aromatic N) is 3. The normalized spacial score (nSPS) is 10.2. The van der Waals surface area contributed by atoms with Crippen molar-refractivity contribution in [1.82, 2.24) is 15.0 Å². The van der Waals surface area contributed by atoms with Gasteiger partial charge in [0.15, 0.2) is 0 Å². The van der Waals surface area contributed by atoms with E-state index < -0.39 is 5.91 Å². The second-order valence-electron chi connectivity index (χ2n) is 3.90. The number of carbonyl (C=O) groups excluding carboxylic acids is 1. The van der Waals surface area contributed by atoms with Crippen molar-refractivity contribution in [2.45, 2.75) is 6.42 Å². The molecular formula is C12H15N5O3S. The van der Waals surface area contributed by atoms with Crippen LogP contribution in [0.5, 0.6) is 11.8 Å². The van der Waals surface area contributed by atoms with Crippen LogP contribution in [0.2, 0.25) is 0 Å². The van der Waals surface area contributed by atoms with Crippen LogP contribution in [0.4, 0.5) is 5.95 Å². The smallest absolute Gasteiger partial charge is 0.277 e. The summed E-state index contributed by atoms with van der Waals surface area (Å²) in [6.07, 6.45) is 0.640. The number of nitrogens with one attached hydrogen (secondary N) is 1. The highest BCUT2D eigenvalue weighted by Gasteiger charge is 2.14. The van der Waals surface area contributed by atoms with E-state index in [2.05, 4.69) is 20.3 Å². The minimum Gasteiger partial charge on any atom is -0.481 e. The summed E-state index contributed by atoms with van der Waals surface area (Å²) < 4.78 is 10.0. The van der Waals surface area contributed by atoms with Gasteiger partial charge in [-0.25, -0.2) is 4.98 Å². The van der Waals surface area contributed by atoms with Crippen molar-refractivity contribution in [2.24, 2.45) is 5.73 Å². The molecule has 112 valence electrons. The molecule has 1 amide bonds. The van der Waals surface area contributed by atoms with Gasteiger partial charge in [0.1, 0.15) is 5.69 Å². The second-order valence-corrected chi connectivity index (χ2v) is 4.84. The summed E-state index contributed by atoms with van der Waals surface area (Å²) in [4.78, 5) is 24.3. The van der Waals surface area contributed by atoms with Gasteiger partial charge in [0.05, 0.1) is 25.3 Å². The van der Waals surface area contributed by atoms with E-state index in [0.29, 0.717) is 30.4 Å². The molecule has 0 unspecified atom stereocenters. The first-order valence-electron chi connectivity index (χ1n) is 6.09. The molecule has 0 aromatic carbocycles. The number of anilines is 1. The Kier molecular flexibility index (Phi) is 5.01. The quantitative estimate of drug-likeness (QED) is 0.807. The number of methoxy groups -OCH3 is 2. The van der Waals surface area contributed by atoms with E-state index in [1.165, 1.54) is 31.6 Å². The van der Waals surface area contributed by atoms with Gasteiger partial charge in [0.2, 0.25) is 17.7 Å². The highest BCUT2D eigenvalue weighted by Crippen LogP contribution is 2.18. The van der Waals surface area contributed by atoms with Crippen LogP contribution in [0.15, 0.2) is 11.4 Å². The molecule has 0 radical (unpaired) electrons. The minimum atomic E-state index is -0.398. The third kappa shape index (κ3) is 3.86. The number of hydrogen-bond donors (Lipinski definition) is 2. The number of ether oxygens (including phenoxy) is 2. The van der Waals surface area contributed by atoms with Crippen LogP contribution >= 0.6 is 11.3 Å². The molecule has 0 aliphatic rings. The molecule has 0 saturated heterocycles. The Balaban J connectivity index is 2.14. The summed E-state index contributed by atoms with van der Waals surface area (Å²) in [7, 11) is 2.93. The van der Waals surface area contributed by atoms with Crippen LogP contribution in [0.1, 0.15) is 15.5 Å². The maximum absolute atomic E-state index is 12.1. The monoisotopic (exact) mass is 309 g/mol. The summed E-state index contributed by atoms with van der Waals surface area (Å²) in [6.45, 7) is 0.491. The fraction of sp³-hybridized carbons (Fsp3) is 0.333. The van der Waals surface area contributed by atoms with Gasteiger partial charge in [0.25, 0.3) is 5.91 Å². The molecule has 2 aromatic heterocycles. The molecule has 0 aliphatic heterocycles. The van der Waals surface area contributed by atoms with Crippen molar-refractivity contribution >= 4 is 23.2 Å². The molecule has 9 heteroatoms. The first-order chi connectivity index (χ1) is 10.2. The van der Waals surface area contributed by atoms with Gasteiger partial charge in [0, 0.05) is 11.8 Å². The standard InChI is InChI=1S/C12H15N5O3S/c1-19-8-5-9(20-2)16-12(15-8)17-11(18)7-6-21-10(14-7)3-4-13/h5-6H,3-4,13H2,1-2H3,(H,15,16,17,18). The van der Waals surface area contributed by atoms with Crippen molar-refractivity contribution in [3.05, 3.63) is 22.1 Å². The molecule has 0 saturated carbocycles. The number of hydrogen-bond acceptors (Lipinski definition) is 8. The Bertz CT molecular complexity index is 609. The van der Waals surface area contributed by atoms with Crippen LogP contribution in [-0.4, -0.2) is 41.6 Å². The molecule has 2 rings (SSSR count). The lowest BCUT2D eigenvalue weighted by molar-refractivity contribution is 0.102. The molecule has 2 heterocycles. The van der Waals surface area contributed by atoms with E-state index in [-0.39, 0.29) is 5.95 Å². The van der Waals surface area contributed by atoms with Crippen LogP contribution < -0.4 is 20.5 Å². The van der Waals surface area contributed by atoms with Gasteiger partial charge in [-0.15, -0.1) is 11.3 Å². The zero-order valence-electron chi connectivity index (χ0n) is 11.6. The van der Waals surface area contributed by atoms with Gasteiger partial charge in [-0.1, -0.05) is 0 Å². The van der Waals surface area contributed by atoms with Crippen LogP contribution in [0.3, 0.4) is 0 Å². The number of nitrogens with two attached hydrogens (primary N) is 1. The fourth-order valence-electron chi connectivity index (χ4n) is 1.49. The minimum absolute atomic E-state index is 0.0876. The van der Waals surface area contributed by atoms with Gasteiger partial charge < -0.3 is 15.2 Å². The highest BCUT2D eigenvalue weighted by atomic mass is 32.1. The Morgan fingerprint density at radius 2 is 1.95 bits per heavy atom. The third-order valence-electron chi connectivity index (χ3n) is 2.47. The Hall–Kier alpha value is -2.26. The molecule has 0 spiro atoms. The maximum Gasteiger partial charge on any atom is 0.277 e.